The second-order valence-corrected chi connectivity index (χ2v) is 17.3. The van der Waals surface area contributed by atoms with Gasteiger partial charge in [-0.2, -0.15) is 0 Å². The van der Waals surface area contributed by atoms with Crippen molar-refractivity contribution >= 4 is 14.3 Å². The van der Waals surface area contributed by atoms with Crippen LogP contribution in [0.1, 0.15) is 34.1 Å². The number of carbonyl (C=O) groups excluding carboxylic acids is 1. The Balaban J connectivity index is 3.13. The van der Waals surface area contributed by atoms with Gasteiger partial charge in [-0.3, -0.25) is 4.79 Å². The Morgan fingerprint density at radius 2 is 0.608 bits per heavy atom. The van der Waals surface area contributed by atoms with Gasteiger partial charge in [0.25, 0.3) is 0 Å². The van der Waals surface area contributed by atoms with Gasteiger partial charge in [0.15, 0.2) is 8.32 Å². The van der Waals surface area contributed by atoms with Gasteiger partial charge in [-0.05, 0) is 25.1 Å². The lowest BCUT2D eigenvalue weighted by atomic mass is 10.2. The molecule has 0 unspecified atom stereocenters. The average Bonchev–Trinajstić information content (AvgIpc) is 3.09. The Hall–Kier alpha value is -0.833. The molecule has 0 atom stereocenters. The van der Waals surface area contributed by atoms with Crippen LogP contribution in [0.25, 0.3) is 0 Å². The molecule has 0 aromatic carbocycles. The minimum atomic E-state index is -1.70. The lowest BCUT2D eigenvalue weighted by molar-refractivity contribution is -0.144. The van der Waals surface area contributed by atoms with Crippen molar-refractivity contribution < 1.29 is 70.8 Å². The van der Waals surface area contributed by atoms with E-state index in [4.69, 9.17) is 66.0 Å². The van der Waals surface area contributed by atoms with Crippen LogP contribution >= 0.6 is 0 Å². The zero-order valence-corrected chi connectivity index (χ0v) is 33.7. The Morgan fingerprint density at radius 1 is 0.392 bits per heavy atom. The van der Waals surface area contributed by atoms with Crippen LogP contribution in [0, 0.1) is 0 Å². The van der Waals surface area contributed by atoms with E-state index in [-0.39, 0.29) is 17.4 Å². The van der Waals surface area contributed by atoms with Crippen LogP contribution in [0.15, 0.2) is 0 Å². The van der Waals surface area contributed by atoms with Gasteiger partial charge in [-0.15, -0.1) is 0 Å². The second kappa shape index (κ2) is 37.5. The normalized spacial score (nSPS) is 12.2. The summed E-state index contributed by atoms with van der Waals surface area (Å²) in [5.41, 5.74) is 0. The van der Waals surface area contributed by atoms with E-state index in [0.29, 0.717) is 172 Å². The van der Waals surface area contributed by atoms with Crippen molar-refractivity contribution in [3.05, 3.63) is 0 Å². The first-order valence-electron chi connectivity index (χ1n) is 18.4. The molecule has 306 valence electrons. The summed E-state index contributed by atoms with van der Waals surface area (Å²) in [5, 5.41) is 0.213. The highest BCUT2D eigenvalue weighted by Gasteiger charge is 2.36. The predicted molar refractivity (Wildman–Crippen MR) is 194 cm³/mol. The summed E-state index contributed by atoms with van der Waals surface area (Å²) in [7, 11) is -1.70. The number of hydrogen-bond acceptors (Lipinski definition) is 15. The summed E-state index contributed by atoms with van der Waals surface area (Å²) in [6.45, 7) is 25.9. The largest absolute Gasteiger partial charge is 0.466 e. The number of rotatable bonds is 41. The highest BCUT2D eigenvalue weighted by molar-refractivity contribution is 6.74. The van der Waals surface area contributed by atoms with Crippen molar-refractivity contribution in [3.8, 4) is 0 Å². The Morgan fingerprint density at radius 3 is 0.824 bits per heavy atom. The monoisotopic (exact) mass is 760 g/mol. The first kappa shape index (κ1) is 50.2. The molecule has 0 rings (SSSR count). The first-order chi connectivity index (χ1) is 24.7. The molecule has 0 aliphatic rings. The van der Waals surface area contributed by atoms with E-state index in [1.54, 1.807) is 6.92 Å². The summed E-state index contributed by atoms with van der Waals surface area (Å²) in [4.78, 5) is 11.2. The Bertz CT molecular complexity index is 728. The Labute approximate surface area is 308 Å². The third-order valence-electron chi connectivity index (χ3n) is 7.34. The number of ether oxygens (including phenoxy) is 13. The fourth-order valence-corrected chi connectivity index (χ4v) is 4.51. The predicted octanol–water partition coefficient (Wildman–Crippen LogP) is 3.16. The van der Waals surface area contributed by atoms with Crippen molar-refractivity contribution in [2.24, 2.45) is 0 Å². The summed E-state index contributed by atoms with van der Waals surface area (Å²) in [5.74, 6) is -0.251. The van der Waals surface area contributed by atoms with Crippen LogP contribution in [-0.4, -0.2) is 186 Å². The minimum absolute atomic E-state index is 0.213. The molecule has 0 aromatic heterocycles. The molecule has 0 bridgehead atoms. The quantitative estimate of drug-likeness (QED) is 0.0511. The molecule has 16 heteroatoms. The SMILES string of the molecule is CCOC(=O)CCOCCOCCOCCOCCOCCOCCOCCOCCOCCOCCOCCOCCO[Si](C)(C)C(C)(C)C. The molecule has 15 nitrogen and oxygen atoms in total. The van der Waals surface area contributed by atoms with Crippen molar-refractivity contribution in [3.63, 3.8) is 0 Å². The van der Waals surface area contributed by atoms with E-state index in [0.717, 1.165) is 0 Å². The van der Waals surface area contributed by atoms with Gasteiger partial charge >= 0.3 is 5.97 Å². The van der Waals surface area contributed by atoms with Crippen LogP contribution in [0.2, 0.25) is 18.1 Å². The fraction of sp³-hybridized carbons (Fsp3) is 0.971. The number of hydrogen-bond donors (Lipinski definition) is 0. The maximum absolute atomic E-state index is 11.2. The first-order valence-corrected chi connectivity index (χ1v) is 21.3. The van der Waals surface area contributed by atoms with Crippen molar-refractivity contribution in [2.45, 2.75) is 52.2 Å². The number of esters is 1. The lowest BCUT2D eigenvalue weighted by Crippen LogP contribution is -2.41. The molecule has 0 spiro atoms. The summed E-state index contributed by atoms with van der Waals surface area (Å²) in [6.07, 6.45) is 0.255. The maximum Gasteiger partial charge on any atom is 0.308 e. The van der Waals surface area contributed by atoms with Gasteiger partial charge in [-0.1, -0.05) is 20.8 Å². The van der Waals surface area contributed by atoms with E-state index in [9.17, 15) is 4.79 Å². The molecule has 0 aliphatic heterocycles. The molecular formula is C35H72O15Si. The minimum Gasteiger partial charge on any atom is -0.466 e. The molecule has 0 fully saturated rings. The number of carbonyl (C=O) groups is 1. The van der Waals surface area contributed by atoms with Crippen molar-refractivity contribution in [1.29, 1.82) is 0 Å². The van der Waals surface area contributed by atoms with Crippen LogP contribution in [0.3, 0.4) is 0 Å². The van der Waals surface area contributed by atoms with Gasteiger partial charge in [0.1, 0.15) is 0 Å². The zero-order valence-electron chi connectivity index (χ0n) is 32.7. The van der Waals surface area contributed by atoms with Crippen LogP contribution in [0.5, 0.6) is 0 Å². The fourth-order valence-electron chi connectivity index (χ4n) is 3.48. The second-order valence-electron chi connectivity index (χ2n) is 12.5. The third kappa shape index (κ3) is 37.3. The summed E-state index contributed by atoms with van der Waals surface area (Å²) >= 11 is 0. The molecule has 0 N–H and O–H groups in total. The van der Waals surface area contributed by atoms with Gasteiger partial charge in [-0.25, -0.2) is 0 Å². The third-order valence-corrected chi connectivity index (χ3v) is 11.9. The van der Waals surface area contributed by atoms with Crippen LogP contribution in [-0.2, 0) is 70.8 Å². The summed E-state index contributed by atoms with van der Waals surface area (Å²) in [6, 6.07) is 0. The molecule has 51 heavy (non-hydrogen) atoms. The maximum atomic E-state index is 11.2. The molecule has 0 aliphatic carbocycles. The molecule has 0 amide bonds. The van der Waals surface area contributed by atoms with Crippen LogP contribution in [0.4, 0.5) is 0 Å². The van der Waals surface area contributed by atoms with Crippen molar-refractivity contribution in [2.75, 3.05) is 172 Å². The molecule has 0 saturated heterocycles. The topological polar surface area (TPSA) is 146 Å². The molecule has 0 heterocycles. The van der Waals surface area contributed by atoms with E-state index >= 15 is 0 Å². The molecule has 0 saturated carbocycles. The summed E-state index contributed by atoms with van der Waals surface area (Å²) < 4.78 is 76.6. The molecule has 0 aromatic rings. The van der Waals surface area contributed by atoms with Gasteiger partial charge in [0.05, 0.1) is 178 Å². The van der Waals surface area contributed by atoms with E-state index < -0.39 is 8.32 Å². The molecular weight excluding hydrogens is 688 g/mol. The van der Waals surface area contributed by atoms with Crippen LogP contribution < -0.4 is 0 Å². The standard InChI is InChI=1S/C35H72O15Si/c1-7-49-34(36)8-9-37-10-11-38-12-13-39-14-15-40-16-17-41-18-19-42-20-21-43-22-23-44-24-25-45-26-27-46-28-29-47-30-31-48-32-33-50-51(5,6)35(2,3)4/h7-33H2,1-6H3. The average molecular weight is 761 g/mol. The van der Waals surface area contributed by atoms with Gasteiger partial charge in [0, 0.05) is 0 Å². The van der Waals surface area contributed by atoms with E-state index in [1.807, 2.05) is 0 Å². The van der Waals surface area contributed by atoms with Gasteiger partial charge < -0.3 is 66.0 Å². The molecule has 0 radical (unpaired) electrons. The van der Waals surface area contributed by atoms with E-state index in [2.05, 4.69) is 33.9 Å². The lowest BCUT2D eigenvalue weighted by Gasteiger charge is -2.36. The van der Waals surface area contributed by atoms with Gasteiger partial charge in [0.2, 0.25) is 0 Å². The highest BCUT2D eigenvalue weighted by atomic mass is 28.4. The Kier molecular flexibility index (Phi) is 36.9. The highest BCUT2D eigenvalue weighted by Crippen LogP contribution is 2.36. The zero-order chi connectivity index (χ0) is 37.6. The smallest absolute Gasteiger partial charge is 0.308 e. The van der Waals surface area contributed by atoms with E-state index in [1.165, 1.54) is 0 Å². The van der Waals surface area contributed by atoms with Crippen molar-refractivity contribution in [1.82, 2.24) is 0 Å².